The van der Waals surface area contributed by atoms with Crippen LogP contribution in [0, 0.1) is 11.3 Å². The summed E-state index contributed by atoms with van der Waals surface area (Å²) in [5.74, 6) is -3.00. The van der Waals surface area contributed by atoms with Crippen molar-refractivity contribution in [3.05, 3.63) is 0 Å². The Kier molecular flexibility index (Phi) is 12.1. The minimum atomic E-state index is -1.67. The summed E-state index contributed by atoms with van der Waals surface area (Å²) in [6, 6.07) is 0. The molecule has 0 aromatic rings. The Balaban J connectivity index is -0.000000500. The Morgan fingerprint density at radius 2 is 1.38 bits per heavy atom. The second kappa shape index (κ2) is 7.81. The zero-order valence-corrected chi connectivity index (χ0v) is 6.79. The topological polar surface area (TPSA) is 74.6 Å². The first-order valence-electron chi connectivity index (χ1n) is 3.30. The summed E-state index contributed by atoms with van der Waals surface area (Å²) in [5, 5.41) is 17.2. The van der Waals surface area contributed by atoms with Crippen molar-refractivity contribution >= 4 is 92.9 Å². The number of carboxylic acids is 2. The summed E-state index contributed by atoms with van der Waals surface area (Å²) in [5.41, 5.74) is -1.67. The van der Waals surface area contributed by atoms with E-state index in [4.69, 9.17) is 10.2 Å². The fraction of sp³-hybridized carbons (Fsp3) is 0.714. The van der Waals surface area contributed by atoms with Crippen molar-refractivity contribution in [2.75, 3.05) is 0 Å². The van der Waals surface area contributed by atoms with Gasteiger partial charge < -0.3 is 10.2 Å². The zero-order chi connectivity index (χ0) is 9.23. The van der Waals surface area contributed by atoms with Crippen LogP contribution in [0.5, 0.6) is 0 Å². The molecule has 0 aliphatic heterocycles. The maximum atomic E-state index is 10.5. The van der Waals surface area contributed by atoms with Gasteiger partial charge in [0.2, 0.25) is 0 Å². The Hall–Kier alpha value is 1.58. The van der Waals surface area contributed by atoms with Crippen LogP contribution in [0.1, 0.15) is 20.8 Å². The van der Waals surface area contributed by atoms with Crippen LogP contribution in [0.3, 0.4) is 0 Å². The third-order valence-corrected chi connectivity index (χ3v) is 2.04. The number of carbonyl (C=O) groups is 2. The van der Waals surface area contributed by atoms with E-state index in [0.717, 1.165) is 0 Å². The van der Waals surface area contributed by atoms with Gasteiger partial charge in [0.05, 0.1) is 0 Å². The molecule has 2 N–H and O–H groups in total. The van der Waals surface area contributed by atoms with E-state index in [-0.39, 0.29) is 80.9 Å². The van der Waals surface area contributed by atoms with Gasteiger partial charge in [-0.15, -0.1) is 0 Å². The second-order valence-corrected chi connectivity index (χ2v) is 2.97. The molecule has 0 heterocycles. The molecule has 0 amide bonds. The van der Waals surface area contributed by atoms with Gasteiger partial charge in [-0.25, -0.2) is 0 Å². The maximum absolute atomic E-state index is 10.5. The molecule has 0 fully saturated rings. The molecule has 0 aromatic carbocycles. The summed E-state index contributed by atoms with van der Waals surface area (Å²) in [6.07, 6.45) is 0. The quantitative estimate of drug-likeness (QED) is 0.501. The predicted octanol–water partition coefficient (Wildman–Crippen LogP) is -0.479. The predicted molar refractivity (Wildman–Crippen MR) is 52.5 cm³/mol. The van der Waals surface area contributed by atoms with E-state index in [9.17, 15) is 9.59 Å². The summed E-state index contributed by atoms with van der Waals surface area (Å²) < 4.78 is 0. The van der Waals surface area contributed by atoms with Crippen molar-refractivity contribution in [1.29, 1.82) is 0 Å². The van der Waals surface area contributed by atoms with Crippen molar-refractivity contribution in [3.8, 4) is 0 Å². The molecule has 0 rings (SSSR count). The molecule has 0 saturated heterocycles. The Bertz CT molecular complexity index is 179. The van der Waals surface area contributed by atoms with E-state index in [1.165, 1.54) is 6.92 Å². The van der Waals surface area contributed by atoms with Crippen LogP contribution in [-0.2, 0) is 9.59 Å². The number of aliphatic carboxylic acids is 2. The molecule has 4 nitrogen and oxygen atoms in total. The summed E-state index contributed by atoms with van der Waals surface area (Å²) in [4.78, 5) is 21.0. The van der Waals surface area contributed by atoms with E-state index in [2.05, 4.69) is 0 Å². The van der Waals surface area contributed by atoms with Gasteiger partial charge in [-0.3, -0.25) is 9.59 Å². The molecule has 0 spiro atoms. The van der Waals surface area contributed by atoms with Crippen molar-refractivity contribution in [1.82, 2.24) is 0 Å². The van der Waals surface area contributed by atoms with E-state index in [1.54, 1.807) is 13.8 Å². The third-order valence-electron chi connectivity index (χ3n) is 2.04. The Morgan fingerprint density at radius 1 is 1.15 bits per heavy atom. The third kappa shape index (κ3) is 4.75. The fourth-order valence-corrected chi connectivity index (χ4v) is 0.585. The average molecular weight is 224 g/mol. The first-order valence-corrected chi connectivity index (χ1v) is 3.30. The molecule has 6 heteroatoms. The molecule has 0 aliphatic carbocycles. The number of rotatable bonds is 3. The SMILES string of the molecule is CC(C)C(C)(C(=O)O)C(=O)O.[KH].[NaH]. The molecule has 0 saturated carbocycles. The van der Waals surface area contributed by atoms with Crippen LogP contribution in [-0.4, -0.2) is 103 Å². The average Bonchev–Trinajstić information content (AvgIpc) is 1.84. The molecule has 0 bridgehead atoms. The second-order valence-electron chi connectivity index (χ2n) is 2.97. The number of carboxylic acid groups (broad SMARTS) is 2. The molecule has 13 heavy (non-hydrogen) atoms. The van der Waals surface area contributed by atoms with Gasteiger partial charge in [0.25, 0.3) is 0 Å². The number of hydrogen-bond acceptors (Lipinski definition) is 2. The summed E-state index contributed by atoms with van der Waals surface area (Å²) in [7, 11) is 0. The van der Waals surface area contributed by atoms with Crippen LogP contribution < -0.4 is 0 Å². The monoisotopic (exact) mass is 224 g/mol. The Morgan fingerprint density at radius 3 is 1.38 bits per heavy atom. The van der Waals surface area contributed by atoms with Gasteiger partial charge in [0.15, 0.2) is 5.41 Å². The van der Waals surface area contributed by atoms with Gasteiger partial charge in [0.1, 0.15) is 0 Å². The van der Waals surface area contributed by atoms with Crippen LogP contribution in [0.15, 0.2) is 0 Å². The molecule has 0 aromatic heterocycles. The van der Waals surface area contributed by atoms with Crippen LogP contribution in [0.4, 0.5) is 0 Å². The Labute approximate surface area is 142 Å². The van der Waals surface area contributed by atoms with Crippen LogP contribution >= 0.6 is 0 Å². The van der Waals surface area contributed by atoms with Crippen molar-refractivity contribution < 1.29 is 19.8 Å². The van der Waals surface area contributed by atoms with Crippen molar-refractivity contribution in [3.63, 3.8) is 0 Å². The molecule has 0 aliphatic rings. The van der Waals surface area contributed by atoms with E-state index in [0.29, 0.717) is 0 Å². The zero-order valence-electron chi connectivity index (χ0n) is 6.79. The normalized spacial score (nSPS) is 9.85. The first-order chi connectivity index (χ1) is 4.83. The molecule has 0 unspecified atom stereocenters. The van der Waals surface area contributed by atoms with Gasteiger partial charge in [-0.2, -0.15) is 0 Å². The molecule has 68 valence electrons. The van der Waals surface area contributed by atoms with Crippen molar-refractivity contribution in [2.24, 2.45) is 11.3 Å². The molecular weight excluding hydrogens is 210 g/mol. The molecule has 0 atom stereocenters. The van der Waals surface area contributed by atoms with Crippen LogP contribution in [0.2, 0.25) is 0 Å². The summed E-state index contributed by atoms with van der Waals surface area (Å²) >= 11 is 0. The van der Waals surface area contributed by atoms with Crippen LogP contribution in [0.25, 0.3) is 0 Å². The van der Waals surface area contributed by atoms with Gasteiger partial charge >= 0.3 is 92.9 Å². The van der Waals surface area contributed by atoms with E-state index >= 15 is 0 Å². The van der Waals surface area contributed by atoms with Gasteiger partial charge in [-0.1, -0.05) is 13.8 Å². The first kappa shape index (κ1) is 20.0. The fourth-order valence-electron chi connectivity index (χ4n) is 0.585. The standard InChI is InChI=1S/C7H12O4.K.Na.2H/c1-4(2)7(3,5(8)9)6(10)11;;;;/h4H,1-3H3,(H,8,9)(H,10,11);;;;. The number of hydrogen-bond donors (Lipinski definition) is 2. The van der Waals surface area contributed by atoms with Crippen molar-refractivity contribution in [2.45, 2.75) is 20.8 Å². The summed E-state index contributed by atoms with van der Waals surface area (Å²) in [6.45, 7) is 4.35. The van der Waals surface area contributed by atoms with E-state index < -0.39 is 23.3 Å². The van der Waals surface area contributed by atoms with Gasteiger partial charge in [0, 0.05) is 0 Å². The van der Waals surface area contributed by atoms with E-state index in [1.807, 2.05) is 0 Å². The molecular formula is C7H14KNaO4. The molecule has 0 radical (unpaired) electrons. The minimum absolute atomic E-state index is 0. The van der Waals surface area contributed by atoms with Gasteiger partial charge in [-0.05, 0) is 12.8 Å².